The summed E-state index contributed by atoms with van der Waals surface area (Å²) in [7, 11) is 0. The van der Waals surface area contributed by atoms with Crippen LogP contribution in [0.25, 0.3) is 0 Å². The molecule has 2 aromatic rings. The highest BCUT2D eigenvalue weighted by molar-refractivity contribution is 6.32. The molecule has 0 radical (unpaired) electrons. The van der Waals surface area contributed by atoms with Gasteiger partial charge in [-0.1, -0.05) is 29.8 Å². The van der Waals surface area contributed by atoms with Gasteiger partial charge in [0, 0.05) is 5.69 Å². The van der Waals surface area contributed by atoms with E-state index in [2.05, 4.69) is 15.3 Å². The summed E-state index contributed by atoms with van der Waals surface area (Å²) in [5, 5.41) is 3.01. The fraction of sp³-hybridized carbons (Fsp3) is 0. The molecule has 0 amide bonds. The van der Waals surface area contributed by atoms with Gasteiger partial charge in [0.05, 0.1) is 6.33 Å². The first kappa shape index (κ1) is 9.73. The number of benzene rings is 1. The summed E-state index contributed by atoms with van der Waals surface area (Å²) in [5.74, 6) is 0.353. The first-order chi connectivity index (χ1) is 7.27. The zero-order valence-corrected chi connectivity index (χ0v) is 8.45. The van der Waals surface area contributed by atoms with E-state index < -0.39 is 0 Å². The van der Waals surface area contributed by atoms with Crippen LogP contribution in [0.4, 0.5) is 11.5 Å². The monoisotopic (exact) mass is 221 g/mol. The van der Waals surface area contributed by atoms with Crippen LogP contribution in [0.15, 0.2) is 41.5 Å². The molecule has 0 bridgehead atoms. The fourth-order valence-electron chi connectivity index (χ4n) is 1.13. The van der Waals surface area contributed by atoms with Gasteiger partial charge in [-0.05, 0) is 12.1 Å². The molecule has 2 N–H and O–H groups in total. The van der Waals surface area contributed by atoms with Crippen LogP contribution < -0.4 is 10.9 Å². The lowest BCUT2D eigenvalue weighted by Gasteiger charge is -2.05. The average Bonchev–Trinajstić information content (AvgIpc) is 2.26. The molecular weight excluding hydrogens is 214 g/mol. The number of para-hydroxylation sites is 1. The Balaban J connectivity index is 2.33. The van der Waals surface area contributed by atoms with Crippen LogP contribution in [0.1, 0.15) is 0 Å². The Morgan fingerprint density at radius 1 is 1.27 bits per heavy atom. The van der Waals surface area contributed by atoms with Crippen molar-refractivity contribution in [1.82, 2.24) is 9.97 Å². The highest BCUT2D eigenvalue weighted by Crippen LogP contribution is 2.18. The molecule has 0 unspecified atom stereocenters. The lowest BCUT2D eigenvalue weighted by molar-refractivity contribution is 1.12. The minimum absolute atomic E-state index is 0.0568. The van der Waals surface area contributed by atoms with Crippen molar-refractivity contribution in [1.29, 1.82) is 0 Å². The van der Waals surface area contributed by atoms with E-state index in [0.29, 0.717) is 5.82 Å². The van der Waals surface area contributed by atoms with Gasteiger partial charge in [0.25, 0.3) is 5.56 Å². The van der Waals surface area contributed by atoms with Crippen LogP contribution in [-0.2, 0) is 0 Å². The second-order valence-corrected chi connectivity index (χ2v) is 3.26. The van der Waals surface area contributed by atoms with Gasteiger partial charge in [-0.25, -0.2) is 4.98 Å². The largest absolute Gasteiger partial charge is 0.339 e. The molecule has 1 aromatic heterocycles. The lowest BCUT2D eigenvalue weighted by Crippen LogP contribution is -2.09. The molecule has 4 nitrogen and oxygen atoms in total. The van der Waals surface area contributed by atoms with Gasteiger partial charge in [-0.2, -0.15) is 0 Å². The second-order valence-electron chi connectivity index (χ2n) is 2.89. The number of aromatic amines is 1. The summed E-state index contributed by atoms with van der Waals surface area (Å²) in [6.45, 7) is 0. The van der Waals surface area contributed by atoms with E-state index in [1.165, 1.54) is 6.33 Å². The number of hydrogen-bond donors (Lipinski definition) is 2. The quantitative estimate of drug-likeness (QED) is 0.817. The van der Waals surface area contributed by atoms with Crippen molar-refractivity contribution in [3.05, 3.63) is 52.0 Å². The first-order valence-electron chi connectivity index (χ1n) is 4.32. The molecule has 0 fully saturated rings. The molecule has 1 aromatic carbocycles. The number of anilines is 2. The second kappa shape index (κ2) is 4.14. The molecule has 0 aliphatic rings. The Morgan fingerprint density at radius 2 is 2.00 bits per heavy atom. The molecule has 0 aliphatic carbocycles. The normalized spacial score (nSPS) is 9.93. The van der Waals surface area contributed by atoms with E-state index in [4.69, 9.17) is 11.6 Å². The lowest BCUT2D eigenvalue weighted by atomic mass is 10.3. The Bertz CT molecular complexity index is 510. The summed E-state index contributed by atoms with van der Waals surface area (Å²) < 4.78 is 0. The molecule has 0 spiro atoms. The SMILES string of the molecule is O=c1[nH]cnc(Nc2ccccc2)c1Cl. The summed E-state index contributed by atoms with van der Waals surface area (Å²) in [4.78, 5) is 17.5. The van der Waals surface area contributed by atoms with Crippen molar-refractivity contribution < 1.29 is 0 Å². The van der Waals surface area contributed by atoms with Crippen molar-refractivity contribution in [3.63, 3.8) is 0 Å². The number of halogens is 1. The number of nitrogens with zero attached hydrogens (tertiary/aromatic N) is 1. The summed E-state index contributed by atoms with van der Waals surface area (Å²) in [6, 6.07) is 9.38. The molecule has 0 saturated heterocycles. The maximum atomic E-state index is 11.2. The smallest absolute Gasteiger partial charge is 0.271 e. The van der Waals surface area contributed by atoms with Gasteiger partial charge >= 0.3 is 0 Å². The average molecular weight is 222 g/mol. The maximum Gasteiger partial charge on any atom is 0.271 e. The molecule has 76 valence electrons. The summed E-state index contributed by atoms with van der Waals surface area (Å²) >= 11 is 5.77. The van der Waals surface area contributed by atoms with Gasteiger partial charge in [-0.3, -0.25) is 4.79 Å². The number of hydrogen-bond acceptors (Lipinski definition) is 3. The van der Waals surface area contributed by atoms with E-state index >= 15 is 0 Å². The molecule has 5 heteroatoms. The molecule has 0 atom stereocenters. The van der Waals surface area contributed by atoms with E-state index in [-0.39, 0.29) is 10.6 Å². The van der Waals surface area contributed by atoms with E-state index in [1.807, 2.05) is 30.3 Å². The van der Waals surface area contributed by atoms with Gasteiger partial charge < -0.3 is 10.3 Å². The van der Waals surface area contributed by atoms with Crippen molar-refractivity contribution in [2.75, 3.05) is 5.32 Å². The van der Waals surface area contributed by atoms with Crippen LogP contribution in [0.5, 0.6) is 0 Å². The molecule has 0 saturated carbocycles. The Kier molecular flexibility index (Phi) is 2.69. The van der Waals surface area contributed by atoms with E-state index in [1.54, 1.807) is 0 Å². The van der Waals surface area contributed by atoms with Gasteiger partial charge in [-0.15, -0.1) is 0 Å². The standard InChI is InChI=1S/C10H8ClN3O/c11-8-9(12-6-13-10(8)15)14-7-4-2-1-3-5-7/h1-6H,(H2,12,13,14,15). The van der Waals surface area contributed by atoms with Crippen LogP contribution in [0.3, 0.4) is 0 Å². The van der Waals surface area contributed by atoms with Crippen molar-refractivity contribution in [2.45, 2.75) is 0 Å². The molecule has 1 heterocycles. The first-order valence-corrected chi connectivity index (χ1v) is 4.70. The van der Waals surface area contributed by atoms with Crippen LogP contribution in [0, 0.1) is 0 Å². The van der Waals surface area contributed by atoms with Gasteiger partial charge in [0.15, 0.2) is 5.82 Å². The highest BCUT2D eigenvalue weighted by Gasteiger charge is 2.04. The minimum Gasteiger partial charge on any atom is -0.339 e. The summed E-state index contributed by atoms with van der Waals surface area (Å²) in [5.41, 5.74) is 0.475. The van der Waals surface area contributed by atoms with E-state index in [9.17, 15) is 4.79 Å². The highest BCUT2D eigenvalue weighted by atomic mass is 35.5. The zero-order valence-electron chi connectivity index (χ0n) is 7.70. The molecule has 15 heavy (non-hydrogen) atoms. The van der Waals surface area contributed by atoms with Gasteiger partial charge in [0.2, 0.25) is 0 Å². The van der Waals surface area contributed by atoms with Crippen molar-refractivity contribution in [3.8, 4) is 0 Å². The molecule has 2 rings (SSSR count). The van der Waals surface area contributed by atoms with Crippen molar-refractivity contribution >= 4 is 23.1 Å². The van der Waals surface area contributed by atoms with Crippen LogP contribution in [-0.4, -0.2) is 9.97 Å². The topological polar surface area (TPSA) is 57.8 Å². The Morgan fingerprint density at radius 3 is 2.73 bits per heavy atom. The third-order valence-electron chi connectivity index (χ3n) is 1.83. The Labute approximate surface area is 90.9 Å². The van der Waals surface area contributed by atoms with Crippen LogP contribution >= 0.6 is 11.6 Å². The predicted octanol–water partition coefficient (Wildman–Crippen LogP) is 2.17. The third kappa shape index (κ3) is 2.16. The molecule has 0 aliphatic heterocycles. The number of H-pyrrole nitrogens is 1. The zero-order chi connectivity index (χ0) is 10.7. The van der Waals surface area contributed by atoms with E-state index in [0.717, 1.165) is 5.69 Å². The maximum absolute atomic E-state index is 11.2. The van der Waals surface area contributed by atoms with Crippen molar-refractivity contribution in [2.24, 2.45) is 0 Å². The predicted molar refractivity (Wildman–Crippen MR) is 59.6 cm³/mol. The fourth-order valence-corrected chi connectivity index (χ4v) is 1.28. The van der Waals surface area contributed by atoms with Gasteiger partial charge in [0.1, 0.15) is 5.02 Å². The summed E-state index contributed by atoms with van der Waals surface area (Å²) in [6.07, 6.45) is 1.31. The minimum atomic E-state index is -0.356. The molecular formula is C10H8ClN3O. The van der Waals surface area contributed by atoms with Crippen LogP contribution in [0.2, 0.25) is 5.02 Å². The Hall–Kier alpha value is -1.81. The number of nitrogens with one attached hydrogen (secondary N) is 2. The number of aromatic nitrogens is 2. The third-order valence-corrected chi connectivity index (χ3v) is 2.18. The number of rotatable bonds is 2.